The normalized spacial score (nSPS) is 10.5. The molecule has 136 valence electrons. The molecule has 3 aromatic rings. The van der Waals surface area contributed by atoms with Gasteiger partial charge in [-0.1, -0.05) is 36.4 Å². The van der Waals surface area contributed by atoms with Crippen LogP contribution in [0.1, 0.15) is 20.8 Å². The van der Waals surface area contributed by atoms with Gasteiger partial charge in [0.1, 0.15) is 12.4 Å². The van der Waals surface area contributed by atoms with Crippen molar-refractivity contribution in [1.29, 1.82) is 0 Å². The Bertz CT molecular complexity index is 904. The number of carbonyl (C=O) groups is 2. The average Bonchev–Trinajstić information content (AvgIpc) is 3.24. The molecule has 3 rings (SSSR count). The number of hydrogen-bond acceptors (Lipinski definition) is 4. The number of rotatable bonds is 6. The largest absolute Gasteiger partial charge is 0.489 e. The zero-order chi connectivity index (χ0) is 18.9. The highest BCUT2D eigenvalue weighted by Crippen LogP contribution is 2.12. The van der Waals surface area contributed by atoms with E-state index in [1.54, 1.807) is 18.2 Å². The molecule has 5 nitrogen and oxygen atoms in total. The lowest BCUT2D eigenvalue weighted by Crippen LogP contribution is -2.40. The molecule has 0 spiro atoms. The van der Waals surface area contributed by atoms with Crippen molar-refractivity contribution in [2.75, 3.05) is 0 Å². The monoisotopic (exact) mass is 378 g/mol. The van der Waals surface area contributed by atoms with Crippen LogP contribution in [-0.4, -0.2) is 11.8 Å². The number of ether oxygens (including phenoxy) is 1. The molecule has 2 N–H and O–H groups in total. The average molecular weight is 378 g/mol. The summed E-state index contributed by atoms with van der Waals surface area (Å²) in [5, 5.41) is 1.92. The summed E-state index contributed by atoms with van der Waals surface area (Å²) in [5.74, 6) is 0.00525. The van der Waals surface area contributed by atoms with Gasteiger partial charge < -0.3 is 4.74 Å². The highest BCUT2D eigenvalue weighted by molar-refractivity contribution is 7.10. The van der Waals surface area contributed by atoms with Crippen LogP contribution in [0.25, 0.3) is 6.08 Å². The first-order chi connectivity index (χ1) is 13.2. The maximum Gasteiger partial charge on any atom is 0.269 e. The minimum absolute atomic E-state index is 0.386. The summed E-state index contributed by atoms with van der Waals surface area (Å²) in [6.07, 6.45) is 3.06. The van der Waals surface area contributed by atoms with Gasteiger partial charge in [0.15, 0.2) is 0 Å². The predicted molar refractivity (Wildman–Crippen MR) is 106 cm³/mol. The fourth-order valence-corrected chi connectivity index (χ4v) is 2.83. The molecule has 0 saturated carbocycles. The lowest BCUT2D eigenvalue weighted by atomic mass is 10.1. The van der Waals surface area contributed by atoms with E-state index in [1.165, 1.54) is 17.4 Å². The van der Waals surface area contributed by atoms with Crippen molar-refractivity contribution in [2.24, 2.45) is 0 Å². The molecule has 0 radical (unpaired) electrons. The predicted octanol–water partition coefficient (Wildman–Crippen LogP) is 3.80. The number of amides is 2. The van der Waals surface area contributed by atoms with Crippen LogP contribution in [0.5, 0.6) is 5.75 Å². The minimum atomic E-state index is -0.398. The Morgan fingerprint density at radius 1 is 0.926 bits per heavy atom. The van der Waals surface area contributed by atoms with Crippen molar-refractivity contribution in [3.05, 3.63) is 94.2 Å². The fourth-order valence-electron chi connectivity index (χ4n) is 2.21. The quantitative estimate of drug-likeness (QED) is 0.506. The maximum atomic E-state index is 12.1. The highest BCUT2D eigenvalue weighted by Gasteiger charge is 2.06. The van der Waals surface area contributed by atoms with Gasteiger partial charge >= 0.3 is 0 Å². The third kappa shape index (κ3) is 5.83. The Hall–Kier alpha value is -3.38. The number of hydrazine groups is 1. The first-order valence-electron chi connectivity index (χ1n) is 8.29. The molecule has 0 aliphatic heterocycles. The molecular formula is C21H18N2O3S. The van der Waals surface area contributed by atoms with E-state index in [2.05, 4.69) is 10.9 Å². The van der Waals surface area contributed by atoms with Crippen molar-refractivity contribution in [3.8, 4) is 5.75 Å². The summed E-state index contributed by atoms with van der Waals surface area (Å²) in [5.41, 5.74) is 6.14. The second-order valence-corrected chi connectivity index (χ2v) is 6.57. The number of para-hydroxylation sites is 1. The number of nitrogens with one attached hydrogen (secondary N) is 2. The van der Waals surface area contributed by atoms with Gasteiger partial charge in [-0.15, -0.1) is 11.3 Å². The molecule has 0 fully saturated rings. The van der Waals surface area contributed by atoms with Gasteiger partial charge in [0.2, 0.25) is 0 Å². The first kappa shape index (κ1) is 18.4. The lowest BCUT2D eigenvalue weighted by Gasteiger charge is -2.08. The second-order valence-electron chi connectivity index (χ2n) is 5.59. The fraction of sp³-hybridized carbons (Fsp3) is 0.0476. The lowest BCUT2D eigenvalue weighted by molar-refractivity contribution is -0.117. The molecule has 0 aliphatic rings. The first-order valence-corrected chi connectivity index (χ1v) is 9.17. The molecule has 6 heteroatoms. The van der Waals surface area contributed by atoms with Crippen molar-refractivity contribution >= 4 is 29.2 Å². The molecule has 0 saturated heterocycles. The zero-order valence-electron chi connectivity index (χ0n) is 14.4. The van der Waals surface area contributed by atoms with Crippen molar-refractivity contribution in [3.63, 3.8) is 0 Å². The minimum Gasteiger partial charge on any atom is -0.489 e. The van der Waals surface area contributed by atoms with Crippen LogP contribution in [0.2, 0.25) is 0 Å². The van der Waals surface area contributed by atoms with E-state index in [-0.39, 0.29) is 5.91 Å². The maximum absolute atomic E-state index is 12.1. The Morgan fingerprint density at radius 2 is 1.70 bits per heavy atom. The van der Waals surface area contributed by atoms with E-state index >= 15 is 0 Å². The standard InChI is InChI=1S/C21H18N2O3S/c24-20(13-12-19-7-4-14-27-19)22-23-21(25)17-10-8-16(9-11-17)15-26-18-5-2-1-3-6-18/h1-14H,15H2,(H,22,24)(H,23,25)/b13-12+. The molecule has 0 atom stereocenters. The third-order valence-electron chi connectivity index (χ3n) is 3.61. The van der Waals surface area contributed by atoms with Crippen LogP contribution in [0, 0.1) is 0 Å². The van der Waals surface area contributed by atoms with Crippen LogP contribution in [0.15, 0.2) is 78.2 Å². The van der Waals surface area contributed by atoms with Crippen molar-refractivity contribution in [1.82, 2.24) is 10.9 Å². The smallest absolute Gasteiger partial charge is 0.269 e. The van der Waals surface area contributed by atoms with Gasteiger partial charge in [0, 0.05) is 16.5 Å². The van der Waals surface area contributed by atoms with E-state index in [1.807, 2.05) is 60.0 Å². The highest BCUT2D eigenvalue weighted by atomic mass is 32.1. The van der Waals surface area contributed by atoms with Crippen LogP contribution < -0.4 is 15.6 Å². The van der Waals surface area contributed by atoms with E-state index < -0.39 is 5.91 Å². The molecule has 0 unspecified atom stereocenters. The molecule has 1 aromatic heterocycles. The second kappa shape index (κ2) is 9.35. The number of hydrogen-bond donors (Lipinski definition) is 2. The third-order valence-corrected chi connectivity index (χ3v) is 4.44. The Labute approximate surface area is 161 Å². The molecule has 2 aromatic carbocycles. The van der Waals surface area contributed by atoms with E-state index in [4.69, 9.17) is 4.74 Å². The van der Waals surface area contributed by atoms with Crippen molar-refractivity contribution < 1.29 is 14.3 Å². The van der Waals surface area contributed by atoms with Gasteiger partial charge in [-0.3, -0.25) is 20.4 Å². The Balaban J connectivity index is 1.46. The summed E-state index contributed by atoms with van der Waals surface area (Å²) >= 11 is 1.53. The molecular weight excluding hydrogens is 360 g/mol. The summed E-state index contributed by atoms with van der Waals surface area (Å²) < 4.78 is 5.66. The Kier molecular flexibility index (Phi) is 6.38. The van der Waals surface area contributed by atoms with Crippen molar-refractivity contribution in [2.45, 2.75) is 6.61 Å². The van der Waals surface area contributed by atoms with E-state index in [0.29, 0.717) is 12.2 Å². The molecule has 1 heterocycles. The number of thiophene rings is 1. The van der Waals surface area contributed by atoms with Gasteiger partial charge in [-0.25, -0.2) is 0 Å². The van der Waals surface area contributed by atoms with Crippen LogP contribution in [0.3, 0.4) is 0 Å². The number of carbonyl (C=O) groups excluding carboxylic acids is 2. The molecule has 0 bridgehead atoms. The summed E-state index contributed by atoms with van der Waals surface area (Å²) in [4.78, 5) is 24.8. The molecule has 2 amide bonds. The summed E-state index contributed by atoms with van der Waals surface area (Å²) in [6.45, 7) is 0.413. The number of benzene rings is 2. The van der Waals surface area contributed by atoms with Gasteiger partial charge in [0.25, 0.3) is 11.8 Å². The van der Waals surface area contributed by atoms with Crippen LogP contribution in [0.4, 0.5) is 0 Å². The summed E-state index contributed by atoms with van der Waals surface area (Å²) in [7, 11) is 0. The SMILES string of the molecule is O=C(/C=C/c1cccs1)NNC(=O)c1ccc(COc2ccccc2)cc1. The Morgan fingerprint density at radius 3 is 2.41 bits per heavy atom. The topological polar surface area (TPSA) is 67.4 Å². The van der Waals surface area contributed by atoms with Crippen LogP contribution >= 0.6 is 11.3 Å². The molecule has 27 heavy (non-hydrogen) atoms. The molecule has 0 aliphatic carbocycles. The van der Waals surface area contributed by atoms with E-state index in [9.17, 15) is 9.59 Å². The van der Waals surface area contributed by atoms with Gasteiger partial charge in [-0.2, -0.15) is 0 Å². The zero-order valence-corrected chi connectivity index (χ0v) is 15.2. The van der Waals surface area contributed by atoms with Gasteiger partial charge in [0.05, 0.1) is 0 Å². The van der Waals surface area contributed by atoms with E-state index in [0.717, 1.165) is 16.2 Å². The van der Waals surface area contributed by atoms with Gasteiger partial charge in [-0.05, 0) is 47.4 Å². The van der Waals surface area contributed by atoms with Crippen LogP contribution in [-0.2, 0) is 11.4 Å². The summed E-state index contributed by atoms with van der Waals surface area (Å²) in [6, 6.07) is 20.3.